The van der Waals surface area contributed by atoms with Crippen molar-refractivity contribution in [1.82, 2.24) is 0 Å². The second-order valence-corrected chi connectivity index (χ2v) is 4.72. The van der Waals surface area contributed by atoms with Crippen LogP contribution in [0.4, 0.5) is 0 Å². The van der Waals surface area contributed by atoms with Gasteiger partial charge < -0.3 is 0 Å². The molecule has 0 heterocycles. The summed E-state index contributed by atoms with van der Waals surface area (Å²) in [5.41, 5.74) is 0. The lowest BCUT2D eigenvalue weighted by Crippen LogP contribution is -2.24. The zero-order valence-corrected chi connectivity index (χ0v) is 8.13. The van der Waals surface area contributed by atoms with Crippen LogP contribution >= 0.6 is 11.8 Å². The van der Waals surface area contributed by atoms with Crippen LogP contribution in [0.1, 0.15) is 12.8 Å². The van der Waals surface area contributed by atoms with Crippen LogP contribution in [0.5, 0.6) is 0 Å². The second-order valence-electron chi connectivity index (χ2n) is 3.35. The number of rotatable bonds is 2. The molecule has 0 radical (unpaired) electrons. The lowest BCUT2D eigenvalue weighted by atomic mass is 9.86. The van der Waals surface area contributed by atoms with Crippen LogP contribution in [0.15, 0.2) is 35.2 Å². The van der Waals surface area contributed by atoms with Crippen molar-refractivity contribution in [3.05, 3.63) is 30.3 Å². The summed E-state index contributed by atoms with van der Waals surface area (Å²) in [6.45, 7) is 0. The lowest BCUT2D eigenvalue weighted by molar-refractivity contribution is 0.413. The Morgan fingerprint density at radius 2 is 1.92 bits per heavy atom. The highest BCUT2D eigenvalue weighted by molar-refractivity contribution is 8.00. The van der Waals surface area contributed by atoms with Crippen LogP contribution in [0.2, 0.25) is 0 Å². The van der Waals surface area contributed by atoms with E-state index in [9.17, 15) is 0 Å². The molecule has 1 aliphatic carbocycles. The SMILES string of the molecule is N#CC1CC(Sc2ccccc2)C1. The van der Waals surface area contributed by atoms with Gasteiger partial charge in [0, 0.05) is 16.1 Å². The molecule has 0 spiro atoms. The fraction of sp³-hybridized carbons (Fsp3) is 0.364. The van der Waals surface area contributed by atoms with E-state index in [0.717, 1.165) is 12.8 Å². The van der Waals surface area contributed by atoms with Gasteiger partial charge in [0.25, 0.3) is 0 Å². The summed E-state index contributed by atoms with van der Waals surface area (Å²) in [6, 6.07) is 12.7. The molecular weight excluding hydrogens is 178 g/mol. The summed E-state index contributed by atoms with van der Waals surface area (Å²) >= 11 is 1.90. The van der Waals surface area contributed by atoms with E-state index in [1.807, 2.05) is 17.8 Å². The Kier molecular flexibility index (Phi) is 2.56. The molecule has 2 rings (SSSR count). The average Bonchev–Trinajstić information content (AvgIpc) is 2.12. The summed E-state index contributed by atoms with van der Waals surface area (Å²) in [6.07, 6.45) is 2.13. The van der Waals surface area contributed by atoms with Crippen molar-refractivity contribution in [2.45, 2.75) is 23.0 Å². The molecule has 13 heavy (non-hydrogen) atoms. The molecule has 0 saturated heterocycles. The molecule has 0 aromatic heterocycles. The third-order valence-electron chi connectivity index (χ3n) is 2.32. The van der Waals surface area contributed by atoms with E-state index >= 15 is 0 Å². The van der Waals surface area contributed by atoms with Crippen LogP contribution in [0.25, 0.3) is 0 Å². The first-order valence-corrected chi connectivity index (χ1v) is 5.38. The molecule has 1 fully saturated rings. The molecule has 1 nitrogen and oxygen atoms in total. The third kappa shape index (κ3) is 2.05. The molecule has 1 aromatic carbocycles. The largest absolute Gasteiger partial charge is 0.198 e. The Labute approximate surface area is 82.8 Å². The predicted octanol–water partition coefficient (Wildman–Crippen LogP) is 3.08. The first-order valence-electron chi connectivity index (χ1n) is 4.50. The maximum Gasteiger partial charge on any atom is 0.0656 e. The van der Waals surface area contributed by atoms with Crippen molar-refractivity contribution in [1.29, 1.82) is 5.26 Å². The Morgan fingerprint density at radius 1 is 1.23 bits per heavy atom. The Bertz CT molecular complexity index is 309. The fourth-order valence-electron chi connectivity index (χ4n) is 1.46. The summed E-state index contributed by atoms with van der Waals surface area (Å²) in [5.74, 6) is 0.321. The van der Waals surface area contributed by atoms with Gasteiger partial charge in [0.05, 0.1) is 6.07 Å². The van der Waals surface area contributed by atoms with Gasteiger partial charge in [-0.25, -0.2) is 0 Å². The van der Waals surface area contributed by atoms with Gasteiger partial charge in [-0.1, -0.05) is 18.2 Å². The zero-order chi connectivity index (χ0) is 9.10. The minimum absolute atomic E-state index is 0.321. The van der Waals surface area contributed by atoms with Crippen LogP contribution in [0.3, 0.4) is 0 Å². The highest BCUT2D eigenvalue weighted by Crippen LogP contribution is 2.39. The number of hydrogen-bond acceptors (Lipinski definition) is 2. The van der Waals surface area contributed by atoms with Gasteiger partial charge in [0.15, 0.2) is 0 Å². The van der Waals surface area contributed by atoms with Gasteiger partial charge >= 0.3 is 0 Å². The highest BCUT2D eigenvalue weighted by Gasteiger charge is 2.29. The van der Waals surface area contributed by atoms with E-state index in [-0.39, 0.29) is 0 Å². The van der Waals surface area contributed by atoms with Gasteiger partial charge in [0.2, 0.25) is 0 Å². The summed E-state index contributed by atoms with van der Waals surface area (Å²) in [4.78, 5) is 1.32. The van der Waals surface area contributed by atoms with Crippen molar-refractivity contribution in [2.75, 3.05) is 0 Å². The quantitative estimate of drug-likeness (QED) is 0.713. The third-order valence-corrected chi connectivity index (χ3v) is 3.59. The molecule has 66 valence electrons. The fourth-order valence-corrected chi connectivity index (χ4v) is 2.82. The summed E-state index contributed by atoms with van der Waals surface area (Å²) in [5, 5.41) is 9.28. The van der Waals surface area contributed by atoms with Crippen LogP contribution < -0.4 is 0 Å². The monoisotopic (exact) mass is 189 g/mol. The maximum atomic E-state index is 8.61. The molecular formula is C11H11NS. The standard InChI is InChI=1S/C11H11NS/c12-8-9-6-11(7-9)13-10-4-2-1-3-5-10/h1-5,9,11H,6-7H2. The summed E-state index contributed by atoms with van der Waals surface area (Å²) < 4.78 is 0. The Hall–Kier alpha value is -0.940. The normalized spacial score (nSPS) is 26.1. The maximum absolute atomic E-state index is 8.61. The summed E-state index contributed by atoms with van der Waals surface area (Å²) in [7, 11) is 0. The highest BCUT2D eigenvalue weighted by atomic mass is 32.2. The van der Waals surface area contributed by atoms with Gasteiger partial charge in [-0.05, 0) is 25.0 Å². The molecule has 1 aromatic rings. The van der Waals surface area contributed by atoms with Crippen molar-refractivity contribution in [3.63, 3.8) is 0 Å². The van der Waals surface area contributed by atoms with E-state index in [1.54, 1.807) is 0 Å². The van der Waals surface area contributed by atoms with Crippen LogP contribution in [-0.2, 0) is 0 Å². The molecule has 0 amide bonds. The van der Waals surface area contributed by atoms with E-state index < -0.39 is 0 Å². The van der Waals surface area contributed by atoms with E-state index in [0.29, 0.717) is 11.2 Å². The molecule has 0 atom stereocenters. The van der Waals surface area contributed by atoms with Gasteiger partial charge in [-0.2, -0.15) is 5.26 Å². The molecule has 1 saturated carbocycles. The van der Waals surface area contributed by atoms with Gasteiger partial charge in [-0.3, -0.25) is 0 Å². The first-order chi connectivity index (χ1) is 6.38. The minimum Gasteiger partial charge on any atom is -0.198 e. The van der Waals surface area contributed by atoms with Crippen molar-refractivity contribution in [3.8, 4) is 6.07 Å². The van der Waals surface area contributed by atoms with Gasteiger partial charge in [0.1, 0.15) is 0 Å². The molecule has 1 aliphatic rings. The van der Waals surface area contributed by atoms with Crippen molar-refractivity contribution in [2.24, 2.45) is 5.92 Å². The number of nitrogens with zero attached hydrogens (tertiary/aromatic N) is 1. The van der Waals surface area contributed by atoms with E-state index in [4.69, 9.17) is 5.26 Å². The zero-order valence-electron chi connectivity index (χ0n) is 7.31. The molecule has 0 bridgehead atoms. The number of thioether (sulfide) groups is 1. The minimum atomic E-state index is 0.321. The lowest BCUT2D eigenvalue weighted by Gasteiger charge is -2.29. The smallest absolute Gasteiger partial charge is 0.0656 e. The number of benzene rings is 1. The average molecular weight is 189 g/mol. The topological polar surface area (TPSA) is 23.8 Å². The molecule has 0 unspecified atom stereocenters. The Morgan fingerprint density at radius 3 is 2.54 bits per heavy atom. The first kappa shape index (κ1) is 8.65. The predicted molar refractivity (Wildman–Crippen MR) is 54.4 cm³/mol. The van der Waals surface area contributed by atoms with Gasteiger partial charge in [-0.15, -0.1) is 11.8 Å². The number of nitriles is 1. The van der Waals surface area contributed by atoms with Crippen LogP contribution in [-0.4, -0.2) is 5.25 Å². The van der Waals surface area contributed by atoms with Crippen molar-refractivity contribution < 1.29 is 0 Å². The van der Waals surface area contributed by atoms with E-state index in [1.165, 1.54) is 4.90 Å². The van der Waals surface area contributed by atoms with E-state index in [2.05, 4.69) is 30.3 Å². The van der Waals surface area contributed by atoms with Crippen molar-refractivity contribution >= 4 is 11.8 Å². The Balaban J connectivity index is 1.85. The molecule has 2 heteroatoms. The molecule has 0 aliphatic heterocycles. The van der Waals surface area contributed by atoms with Crippen LogP contribution in [0, 0.1) is 17.2 Å². The second kappa shape index (κ2) is 3.85. The number of hydrogen-bond donors (Lipinski definition) is 0. The molecule has 0 N–H and O–H groups in total.